The number of anilines is 2. The molecule has 0 bridgehead atoms. The van der Waals surface area contributed by atoms with Gasteiger partial charge in [-0.2, -0.15) is 0 Å². The van der Waals surface area contributed by atoms with Crippen LogP contribution < -0.4 is 10.2 Å². The Hall–Kier alpha value is -1.88. The number of para-hydroxylation sites is 1. The van der Waals surface area contributed by atoms with Crippen molar-refractivity contribution in [3.8, 4) is 0 Å². The van der Waals surface area contributed by atoms with Gasteiger partial charge in [0.05, 0.1) is 6.54 Å². The highest BCUT2D eigenvalue weighted by atomic mass is 16.4. The van der Waals surface area contributed by atoms with Gasteiger partial charge in [0.1, 0.15) is 0 Å². The van der Waals surface area contributed by atoms with Gasteiger partial charge in [0, 0.05) is 12.2 Å². The Balaban J connectivity index is 2.09. The van der Waals surface area contributed by atoms with Crippen LogP contribution >= 0.6 is 0 Å². The number of nitrogens with zero attached hydrogens (tertiary/aromatic N) is 3. The van der Waals surface area contributed by atoms with Gasteiger partial charge in [0.15, 0.2) is 0 Å². The molecule has 1 aromatic carbocycles. The van der Waals surface area contributed by atoms with E-state index < -0.39 is 0 Å². The van der Waals surface area contributed by atoms with Gasteiger partial charge in [-0.1, -0.05) is 37.1 Å². The fourth-order valence-electron chi connectivity index (χ4n) is 2.17. The molecule has 0 saturated heterocycles. The van der Waals surface area contributed by atoms with Crippen LogP contribution in [0.2, 0.25) is 0 Å². The average molecular weight is 288 g/mol. The van der Waals surface area contributed by atoms with Crippen molar-refractivity contribution in [2.45, 2.75) is 34.2 Å². The lowest BCUT2D eigenvalue weighted by Gasteiger charge is -2.20. The van der Waals surface area contributed by atoms with Crippen molar-refractivity contribution in [1.82, 2.24) is 15.5 Å². The third-order valence-electron chi connectivity index (χ3n) is 3.24. The van der Waals surface area contributed by atoms with Crippen molar-refractivity contribution in [2.24, 2.45) is 5.92 Å². The minimum Gasteiger partial charge on any atom is -0.406 e. The molecule has 0 unspecified atom stereocenters. The van der Waals surface area contributed by atoms with E-state index in [4.69, 9.17) is 4.42 Å². The normalized spacial score (nSPS) is 11.1. The second kappa shape index (κ2) is 7.22. The maximum Gasteiger partial charge on any atom is 0.322 e. The molecule has 0 aliphatic heterocycles. The van der Waals surface area contributed by atoms with Crippen LogP contribution in [0.15, 0.2) is 28.7 Å². The van der Waals surface area contributed by atoms with Crippen LogP contribution in [0, 0.1) is 12.8 Å². The zero-order valence-electron chi connectivity index (χ0n) is 13.3. The highest BCUT2D eigenvalue weighted by Crippen LogP contribution is 2.26. The number of aromatic nitrogens is 2. The number of hydrogen-bond donors (Lipinski definition) is 1. The Bertz CT molecular complexity index is 565. The molecule has 1 aromatic heterocycles. The van der Waals surface area contributed by atoms with Crippen molar-refractivity contribution in [1.29, 1.82) is 0 Å². The third-order valence-corrected chi connectivity index (χ3v) is 3.24. The van der Waals surface area contributed by atoms with Crippen molar-refractivity contribution in [2.75, 3.05) is 18.0 Å². The highest BCUT2D eigenvalue weighted by Gasteiger charge is 2.16. The predicted molar refractivity (Wildman–Crippen MR) is 84.7 cm³/mol. The number of rotatable bonds is 7. The Morgan fingerprint density at radius 1 is 1.24 bits per heavy atom. The summed E-state index contributed by atoms with van der Waals surface area (Å²) in [5.74, 6) is 1.23. The van der Waals surface area contributed by atoms with E-state index >= 15 is 0 Å². The lowest BCUT2D eigenvalue weighted by Crippen LogP contribution is -2.19. The molecular weight excluding hydrogens is 264 g/mol. The fraction of sp³-hybridized carbons (Fsp3) is 0.500. The quantitative estimate of drug-likeness (QED) is 0.847. The van der Waals surface area contributed by atoms with E-state index in [2.05, 4.69) is 55.3 Å². The minimum absolute atomic E-state index is 0.549. The zero-order chi connectivity index (χ0) is 15.2. The summed E-state index contributed by atoms with van der Waals surface area (Å²) in [7, 11) is 0. The first kappa shape index (κ1) is 15.5. The van der Waals surface area contributed by atoms with Crippen molar-refractivity contribution in [3.63, 3.8) is 0 Å². The van der Waals surface area contributed by atoms with Crippen LogP contribution in [-0.2, 0) is 6.54 Å². The highest BCUT2D eigenvalue weighted by molar-refractivity contribution is 5.60. The molecule has 0 amide bonds. The molecular formula is C16H24N4O. The molecule has 0 radical (unpaired) electrons. The van der Waals surface area contributed by atoms with Crippen LogP contribution in [0.25, 0.3) is 0 Å². The Morgan fingerprint density at radius 2 is 2.00 bits per heavy atom. The summed E-state index contributed by atoms with van der Waals surface area (Å²) < 4.78 is 5.77. The third kappa shape index (κ3) is 4.04. The van der Waals surface area contributed by atoms with E-state index in [0.29, 0.717) is 24.4 Å². The summed E-state index contributed by atoms with van der Waals surface area (Å²) in [6.07, 6.45) is 0. The molecule has 114 valence electrons. The molecule has 21 heavy (non-hydrogen) atoms. The van der Waals surface area contributed by atoms with E-state index in [1.807, 2.05) is 17.0 Å². The summed E-state index contributed by atoms with van der Waals surface area (Å²) in [4.78, 5) is 2.04. The summed E-state index contributed by atoms with van der Waals surface area (Å²) in [6.45, 7) is 10.8. The Labute approximate surface area is 126 Å². The van der Waals surface area contributed by atoms with Gasteiger partial charge in [-0.3, -0.25) is 4.90 Å². The first-order valence-corrected chi connectivity index (χ1v) is 7.48. The number of benzene rings is 1. The SMILES string of the molecule is CCN(c1nnc(CNCC(C)C)o1)c1ccccc1C. The molecule has 1 N–H and O–H groups in total. The lowest BCUT2D eigenvalue weighted by molar-refractivity contribution is 0.453. The van der Waals surface area contributed by atoms with Crippen LogP contribution in [0.1, 0.15) is 32.2 Å². The first-order chi connectivity index (χ1) is 10.1. The van der Waals surface area contributed by atoms with Crippen LogP contribution in [0.5, 0.6) is 0 Å². The van der Waals surface area contributed by atoms with Crippen molar-refractivity contribution in [3.05, 3.63) is 35.7 Å². The minimum atomic E-state index is 0.549. The van der Waals surface area contributed by atoms with Gasteiger partial charge in [-0.05, 0) is 37.9 Å². The zero-order valence-corrected chi connectivity index (χ0v) is 13.3. The lowest BCUT2D eigenvalue weighted by atomic mass is 10.2. The van der Waals surface area contributed by atoms with Gasteiger partial charge in [0.2, 0.25) is 5.89 Å². The molecule has 0 aliphatic rings. The summed E-state index contributed by atoms with van der Waals surface area (Å²) in [5.41, 5.74) is 2.29. The number of hydrogen-bond acceptors (Lipinski definition) is 5. The van der Waals surface area contributed by atoms with Gasteiger partial charge in [0.25, 0.3) is 0 Å². The predicted octanol–water partition coefficient (Wildman–Crippen LogP) is 3.28. The van der Waals surface area contributed by atoms with Crippen LogP contribution in [0.4, 0.5) is 11.7 Å². The van der Waals surface area contributed by atoms with Crippen LogP contribution in [0.3, 0.4) is 0 Å². The second-order valence-electron chi connectivity index (χ2n) is 5.53. The molecule has 1 heterocycles. The average Bonchev–Trinajstić information content (AvgIpc) is 2.90. The Morgan fingerprint density at radius 3 is 2.67 bits per heavy atom. The van der Waals surface area contributed by atoms with E-state index in [0.717, 1.165) is 18.8 Å². The second-order valence-corrected chi connectivity index (χ2v) is 5.53. The number of aryl methyl sites for hydroxylation is 1. The van der Waals surface area contributed by atoms with E-state index in [1.54, 1.807) is 0 Å². The number of nitrogens with one attached hydrogen (secondary N) is 1. The van der Waals surface area contributed by atoms with Crippen LogP contribution in [-0.4, -0.2) is 23.3 Å². The van der Waals surface area contributed by atoms with Gasteiger partial charge in [-0.25, -0.2) is 0 Å². The van der Waals surface area contributed by atoms with E-state index in [9.17, 15) is 0 Å². The van der Waals surface area contributed by atoms with Gasteiger partial charge >= 0.3 is 6.01 Å². The molecule has 2 aromatic rings. The first-order valence-electron chi connectivity index (χ1n) is 7.48. The summed E-state index contributed by atoms with van der Waals surface area (Å²) >= 11 is 0. The molecule has 5 heteroatoms. The summed E-state index contributed by atoms with van der Waals surface area (Å²) in [5, 5.41) is 11.6. The fourth-order valence-corrected chi connectivity index (χ4v) is 2.17. The smallest absolute Gasteiger partial charge is 0.322 e. The van der Waals surface area contributed by atoms with Gasteiger partial charge in [-0.15, -0.1) is 5.10 Å². The summed E-state index contributed by atoms with van der Waals surface area (Å²) in [6, 6.07) is 8.75. The molecule has 5 nitrogen and oxygen atoms in total. The molecule has 0 atom stereocenters. The molecule has 0 saturated carbocycles. The Kier molecular flexibility index (Phi) is 5.33. The van der Waals surface area contributed by atoms with E-state index in [1.165, 1.54) is 5.56 Å². The molecule has 2 rings (SSSR count). The standard InChI is InChI=1S/C16H24N4O/c1-5-20(14-9-7-6-8-13(14)4)16-19-18-15(21-16)11-17-10-12(2)3/h6-9,12,17H,5,10-11H2,1-4H3. The van der Waals surface area contributed by atoms with E-state index in [-0.39, 0.29) is 0 Å². The van der Waals surface area contributed by atoms with Gasteiger partial charge < -0.3 is 9.73 Å². The largest absolute Gasteiger partial charge is 0.406 e. The molecule has 0 aliphatic carbocycles. The maximum absolute atomic E-state index is 5.77. The monoisotopic (exact) mass is 288 g/mol. The van der Waals surface area contributed by atoms with Crippen molar-refractivity contribution >= 4 is 11.7 Å². The van der Waals surface area contributed by atoms with Crippen molar-refractivity contribution < 1.29 is 4.42 Å². The molecule has 0 fully saturated rings. The molecule has 0 spiro atoms. The topological polar surface area (TPSA) is 54.2 Å². The maximum atomic E-state index is 5.77.